The molecule has 11 nitrogen and oxygen atoms in total. The van der Waals surface area contributed by atoms with Crippen molar-refractivity contribution in [2.45, 2.75) is 31.8 Å². The molecule has 0 aliphatic carbocycles. The fourth-order valence-electron chi connectivity index (χ4n) is 4.26. The number of nitro benzene ring substituents is 1. The maximum Gasteiger partial charge on any atom is 0.305 e. The second-order valence-electron chi connectivity index (χ2n) is 7.11. The molecule has 0 saturated carbocycles. The van der Waals surface area contributed by atoms with Gasteiger partial charge < -0.3 is 14.2 Å². The average Bonchev–Trinajstić information content (AvgIpc) is 3.31. The summed E-state index contributed by atoms with van der Waals surface area (Å²) >= 11 is 0. The van der Waals surface area contributed by atoms with E-state index in [1.54, 1.807) is 0 Å². The minimum absolute atomic E-state index is 0.169. The van der Waals surface area contributed by atoms with Crippen LogP contribution in [0.15, 0.2) is 36.4 Å². The zero-order valence-electron chi connectivity index (χ0n) is 15.8. The predicted molar refractivity (Wildman–Crippen MR) is 96.6 cm³/mol. The van der Waals surface area contributed by atoms with Gasteiger partial charge in [0, 0.05) is 19.9 Å². The number of ether oxygens (including phenoxy) is 3. The van der Waals surface area contributed by atoms with Crippen LogP contribution in [-0.2, 0) is 33.4 Å². The molecule has 11 heteroatoms. The topological polar surface area (TPSA) is 142 Å². The van der Waals surface area contributed by atoms with Gasteiger partial charge in [0.1, 0.15) is 5.69 Å². The van der Waals surface area contributed by atoms with E-state index in [4.69, 9.17) is 14.2 Å². The Labute approximate surface area is 169 Å². The number of nitrogens with zero attached hydrogens (tertiary/aromatic N) is 2. The smallest absolute Gasteiger partial charge is 0.305 e. The fourth-order valence-corrected chi connectivity index (χ4v) is 4.26. The molecule has 1 aromatic rings. The molecule has 2 saturated heterocycles. The highest BCUT2D eigenvalue weighted by Gasteiger charge is 2.72. The molecule has 2 fully saturated rings. The highest BCUT2D eigenvalue weighted by molar-refractivity contribution is 6.24. The summed E-state index contributed by atoms with van der Waals surface area (Å²) in [5, 5.41) is 11.4. The van der Waals surface area contributed by atoms with Crippen molar-refractivity contribution in [3.63, 3.8) is 0 Å². The number of fused-ring (bicyclic) bond motifs is 5. The van der Waals surface area contributed by atoms with E-state index in [0.29, 0.717) is 0 Å². The molecular formula is C19H16N2O9. The summed E-state index contributed by atoms with van der Waals surface area (Å²) in [7, 11) is 0. The van der Waals surface area contributed by atoms with Crippen LogP contribution in [0.4, 0.5) is 11.4 Å². The van der Waals surface area contributed by atoms with Crippen LogP contribution >= 0.6 is 0 Å². The number of nitro groups is 1. The lowest BCUT2D eigenvalue weighted by atomic mass is 9.76. The van der Waals surface area contributed by atoms with Gasteiger partial charge >= 0.3 is 11.9 Å². The lowest BCUT2D eigenvalue weighted by Crippen LogP contribution is -2.52. The van der Waals surface area contributed by atoms with Gasteiger partial charge in [0.2, 0.25) is 11.8 Å². The van der Waals surface area contributed by atoms with E-state index in [9.17, 15) is 29.3 Å². The van der Waals surface area contributed by atoms with Gasteiger partial charge in [0.05, 0.1) is 22.9 Å². The molecule has 2 amide bonds. The number of imide groups is 1. The monoisotopic (exact) mass is 416 g/mol. The Kier molecular flexibility index (Phi) is 4.42. The van der Waals surface area contributed by atoms with Crippen molar-refractivity contribution in [3.05, 3.63) is 46.5 Å². The maximum atomic E-state index is 13.3. The Morgan fingerprint density at radius 2 is 1.80 bits per heavy atom. The molecule has 4 rings (SSSR count). The Hall–Kier alpha value is -3.60. The third-order valence-corrected chi connectivity index (χ3v) is 5.31. The molecule has 1 aromatic carbocycles. The molecule has 3 heterocycles. The SMILES string of the molecule is CC(=O)OC(OC(C)=O)[C@@]12C=C[C@@H](O1)[C@H]1C(=O)N(c3ccccc3[N+](=O)[O-])C(=O)[C@H]12. The summed E-state index contributed by atoms with van der Waals surface area (Å²) < 4.78 is 16.1. The van der Waals surface area contributed by atoms with Crippen molar-refractivity contribution < 1.29 is 38.3 Å². The molecule has 3 aliphatic rings. The first kappa shape index (κ1) is 19.7. The average molecular weight is 416 g/mol. The number of hydrogen-bond acceptors (Lipinski definition) is 9. The Morgan fingerprint density at radius 3 is 2.40 bits per heavy atom. The first-order valence-corrected chi connectivity index (χ1v) is 9.00. The first-order chi connectivity index (χ1) is 14.2. The van der Waals surface area contributed by atoms with Crippen LogP contribution in [0.3, 0.4) is 0 Å². The van der Waals surface area contributed by atoms with E-state index in [1.807, 2.05) is 0 Å². The first-order valence-electron chi connectivity index (χ1n) is 9.00. The van der Waals surface area contributed by atoms with Gasteiger partial charge in [-0.15, -0.1) is 0 Å². The van der Waals surface area contributed by atoms with Gasteiger partial charge in [-0.25, -0.2) is 4.90 Å². The van der Waals surface area contributed by atoms with Crippen molar-refractivity contribution in [1.29, 1.82) is 0 Å². The standard InChI is InChI=1S/C19H16N2O9/c1-9(22)28-18(29-10(2)23)19-8-7-13(30-19)14-15(19)17(25)20(16(14)24)11-5-3-4-6-12(11)21(26)27/h3-8,13-15,18H,1-2H3/t13-,14-,15+,19+/m1/s1. The summed E-state index contributed by atoms with van der Waals surface area (Å²) in [6, 6.07) is 5.37. The van der Waals surface area contributed by atoms with E-state index in [1.165, 1.54) is 36.4 Å². The molecule has 0 spiro atoms. The maximum absolute atomic E-state index is 13.3. The van der Waals surface area contributed by atoms with Crippen molar-refractivity contribution in [2.75, 3.05) is 4.90 Å². The van der Waals surface area contributed by atoms with Crippen LogP contribution < -0.4 is 4.90 Å². The van der Waals surface area contributed by atoms with Crippen LogP contribution in [0, 0.1) is 22.0 Å². The van der Waals surface area contributed by atoms with Gasteiger partial charge in [0.25, 0.3) is 12.0 Å². The summed E-state index contributed by atoms with van der Waals surface area (Å²) in [4.78, 5) is 61.1. The number of carbonyl (C=O) groups excluding carboxylic acids is 4. The summed E-state index contributed by atoms with van der Waals surface area (Å²) in [5.74, 6) is -5.21. The van der Waals surface area contributed by atoms with Crippen molar-refractivity contribution >= 4 is 35.1 Å². The molecule has 30 heavy (non-hydrogen) atoms. The third-order valence-electron chi connectivity index (χ3n) is 5.31. The summed E-state index contributed by atoms with van der Waals surface area (Å²) in [6.07, 6.45) is 0.512. The number of amides is 2. The van der Waals surface area contributed by atoms with Crippen LogP contribution in [0.5, 0.6) is 0 Å². The molecule has 0 N–H and O–H groups in total. The number of para-hydroxylation sites is 2. The number of rotatable bonds is 5. The van der Waals surface area contributed by atoms with Crippen LogP contribution in [0.25, 0.3) is 0 Å². The molecule has 0 radical (unpaired) electrons. The van der Waals surface area contributed by atoms with E-state index < -0.39 is 64.2 Å². The van der Waals surface area contributed by atoms with Gasteiger partial charge in [0.15, 0.2) is 5.60 Å². The van der Waals surface area contributed by atoms with E-state index in [-0.39, 0.29) is 5.69 Å². The minimum atomic E-state index is -1.71. The molecule has 3 aliphatic heterocycles. The predicted octanol–water partition coefficient (Wildman–Crippen LogP) is 0.860. The summed E-state index contributed by atoms with van der Waals surface area (Å²) in [6.45, 7) is 2.19. The lowest BCUT2D eigenvalue weighted by Gasteiger charge is -2.34. The third kappa shape index (κ3) is 2.70. The van der Waals surface area contributed by atoms with E-state index >= 15 is 0 Å². The van der Waals surface area contributed by atoms with Gasteiger partial charge in [-0.1, -0.05) is 18.2 Å². The summed E-state index contributed by atoms with van der Waals surface area (Å²) in [5.41, 5.74) is -2.29. The molecule has 156 valence electrons. The molecule has 4 atom stereocenters. The molecular weight excluding hydrogens is 400 g/mol. The largest absolute Gasteiger partial charge is 0.422 e. The second kappa shape index (κ2) is 6.73. The fraction of sp³-hybridized carbons (Fsp3) is 0.368. The van der Waals surface area contributed by atoms with Crippen molar-refractivity contribution in [3.8, 4) is 0 Å². The second-order valence-corrected chi connectivity index (χ2v) is 7.11. The van der Waals surface area contributed by atoms with Gasteiger partial charge in [-0.2, -0.15) is 0 Å². The van der Waals surface area contributed by atoms with E-state index in [2.05, 4.69) is 0 Å². The zero-order chi connectivity index (χ0) is 21.8. The molecule has 0 unspecified atom stereocenters. The number of carbonyl (C=O) groups is 4. The number of esters is 2. The Balaban J connectivity index is 1.78. The van der Waals surface area contributed by atoms with Crippen LogP contribution in [-0.4, -0.2) is 46.7 Å². The molecule has 0 aromatic heterocycles. The normalized spacial score (nSPS) is 28.8. The van der Waals surface area contributed by atoms with Gasteiger partial charge in [-0.05, 0) is 12.1 Å². The van der Waals surface area contributed by atoms with Crippen molar-refractivity contribution in [1.82, 2.24) is 0 Å². The zero-order valence-corrected chi connectivity index (χ0v) is 15.8. The van der Waals surface area contributed by atoms with E-state index in [0.717, 1.165) is 18.7 Å². The quantitative estimate of drug-likeness (QED) is 0.170. The Bertz CT molecular complexity index is 1000. The highest BCUT2D eigenvalue weighted by Crippen LogP contribution is 2.55. The van der Waals surface area contributed by atoms with Gasteiger partial charge in [-0.3, -0.25) is 29.3 Å². The number of hydrogen-bond donors (Lipinski definition) is 0. The Morgan fingerprint density at radius 1 is 1.17 bits per heavy atom. The molecule has 2 bridgehead atoms. The van der Waals surface area contributed by atoms with Crippen molar-refractivity contribution in [2.24, 2.45) is 11.8 Å². The lowest BCUT2D eigenvalue weighted by molar-refractivity contribution is -0.384. The number of anilines is 1. The number of benzene rings is 1. The highest BCUT2D eigenvalue weighted by atomic mass is 16.7. The van der Waals surface area contributed by atoms with Crippen LogP contribution in [0.1, 0.15) is 13.8 Å². The minimum Gasteiger partial charge on any atom is -0.422 e. The van der Waals surface area contributed by atoms with Crippen LogP contribution in [0.2, 0.25) is 0 Å².